The molecule has 0 fully saturated rings. The number of nitrogens with zero attached hydrogens (tertiary/aromatic N) is 2. The van der Waals surface area contributed by atoms with E-state index in [9.17, 15) is 9.18 Å². The molecule has 5 nitrogen and oxygen atoms in total. The lowest BCUT2D eigenvalue weighted by atomic mass is 10.1. The SMILES string of the molecule is CCCCCCCCCc1cnc(-c2ccc(OC(=O)c3ccc(OCCCCC)cc3F)cc2)nc1. The molecule has 6 heteroatoms. The lowest BCUT2D eigenvalue weighted by Gasteiger charge is -2.09. The number of aromatic nitrogens is 2. The lowest BCUT2D eigenvalue weighted by Crippen LogP contribution is -2.11. The molecule has 0 radical (unpaired) electrons. The number of benzene rings is 2. The van der Waals surface area contributed by atoms with E-state index in [4.69, 9.17) is 9.47 Å². The highest BCUT2D eigenvalue weighted by Crippen LogP contribution is 2.22. The molecule has 0 N–H and O–H groups in total. The van der Waals surface area contributed by atoms with Crippen LogP contribution in [-0.2, 0) is 6.42 Å². The number of carbonyl (C=O) groups excluding carboxylic acids is 1. The van der Waals surface area contributed by atoms with Crippen molar-refractivity contribution in [1.82, 2.24) is 9.97 Å². The third-order valence-corrected chi connectivity index (χ3v) is 6.27. The van der Waals surface area contributed by atoms with E-state index >= 15 is 0 Å². The van der Waals surface area contributed by atoms with E-state index in [0.717, 1.165) is 43.2 Å². The van der Waals surface area contributed by atoms with Crippen LogP contribution in [0.4, 0.5) is 4.39 Å². The summed E-state index contributed by atoms with van der Waals surface area (Å²) >= 11 is 0. The van der Waals surface area contributed by atoms with Crippen molar-refractivity contribution in [3.63, 3.8) is 0 Å². The summed E-state index contributed by atoms with van der Waals surface area (Å²) in [5, 5.41) is 0. The van der Waals surface area contributed by atoms with Crippen molar-refractivity contribution >= 4 is 5.97 Å². The van der Waals surface area contributed by atoms with E-state index in [1.54, 1.807) is 30.3 Å². The Hall–Kier alpha value is -3.28. The van der Waals surface area contributed by atoms with Crippen molar-refractivity contribution in [3.8, 4) is 22.9 Å². The Kier molecular flexibility index (Phi) is 12.0. The summed E-state index contributed by atoms with van der Waals surface area (Å²) in [7, 11) is 0. The van der Waals surface area contributed by atoms with Gasteiger partial charge in [0.15, 0.2) is 5.82 Å². The quantitative estimate of drug-likeness (QED) is 0.111. The Morgan fingerprint density at radius 3 is 2.08 bits per heavy atom. The standard InChI is InChI=1S/C31H39FN2O3/c1-3-5-7-8-9-10-11-13-24-22-33-30(34-23-24)25-14-16-26(17-15-25)37-31(35)28-19-18-27(21-29(28)32)36-20-12-6-4-2/h14-19,21-23H,3-13,20H2,1-2H3. The second-order valence-corrected chi connectivity index (χ2v) is 9.40. The molecule has 0 spiro atoms. The van der Waals surface area contributed by atoms with Gasteiger partial charge in [0.2, 0.25) is 0 Å². The molecule has 0 unspecified atom stereocenters. The van der Waals surface area contributed by atoms with Gasteiger partial charge in [-0.3, -0.25) is 0 Å². The molecule has 1 aromatic heterocycles. The Morgan fingerprint density at radius 1 is 0.784 bits per heavy atom. The molecule has 37 heavy (non-hydrogen) atoms. The van der Waals surface area contributed by atoms with Gasteiger partial charge >= 0.3 is 5.97 Å². The second-order valence-electron chi connectivity index (χ2n) is 9.40. The van der Waals surface area contributed by atoms with E-state index in [1.165, 1.54) is 50.7 Å². The van der Waals surface area contributed by atoms with Crippen LogP contribution in [0.5, 0.6) is 11.5 Å². The first-order valence-corrected chi connectivity index (χ1v) is 13.7. The van der Waals surface area contributed by atoms with Crippen LogP contribution in [0, 0.1) is 5.82 Å². The maximum absolute atomic E-state index is 14.5. The molecular weight excluding hydrogens is 467 g/mol. The predicted octanol–water partition coefficient (Wildman–Crippen LogP) is 8.36. The molecule has 0 aliphatic carbocycles. The summed E-state index contributed by atoms with van der Waals surface area (Å²) in [6, 6.07) is 11.1. The molecule has 0 saturated carbocycles. The average molecular weight is 507 g/mol. The van der Waals surface area contributed by atoms with Crippen molar-refractivity contribution in [2.45, 2.75) is 84.5 Å². The van der Waals surface area contributed by atoms with E-state index in [-0.39, 0.29) is 5.56 Å². The maximum Gasteiger partial charge on any atom is 0.346 e. The third-order valence-electron chi connectivity index (χ3n) is 6.27. The molecule has 198 valence electrons. The van der Waals surface area contributed by atoms with Crippen LogP contribution >= 0.6 is 0 Å². The van der Waals surface area contributed by atoms with Crippen molar-refractivity contribution in [3.05, 3.63) is 71.8 Å². The molecule has 1 heterocycles. The number of halogens is 1. The summed E-state index contributed by atoms with van der Waals surface area (Å²) in [4.78, 5) is 21.5. The first kappa shape index (κ1) is 28.3. The van der Waals surface area contributed by atoms with Crippen LogP contribution < -0.4 is 9.47 Å². The summed E-state index contributed by atoms with van der Waals surface area (Å²) in [6.45, 7) is 4.87. The number of esters is 1. The fourth-order valence-corrected chi connectivity index (χ4v) is 4.05. The molecule has 3 rings (SSSR count). The number of aryl methyl sites for hydroxylation is 1. The van der Waals surface area contributed by atoms with E-state index < -0.39 is 11.8 Å². The van der Waals surface area contributed by atoms with Crippen LogP contribution in [0.2, 0.25) is 0 Å². The molecule has 3 aromatic rings. The predicted molar refractivity (Wildman–Crippen MR) is 146 cm³/mol. The fourth-order valence-electron chi connectivity index (χ4n) is 4.05. The van der Waals surface area contributed by atoms with Crippen molar-refractivity contribution in [2.75, 3.05) is 6.61 Å². The van der Waals surface area contributed by atoms with Gasteiger partial charge in [0.05, 0.1) is 12.2 Å². The summed E-state index contributed by atoms with van der Waals surface area (Å²) in [5.74, 6) is -0.0818. The van der Waals surface area contributed by atoms with Gasteiger partial charge in [-0.05, 0) is 61.2 Å². The van der Waals surface area contributed by atoms with Crippen LogP contribution in [0.15, 0.2) is 54.9 Å². The van der Waals surface area contributed by atoms with Gasteiger partial charge in [-0.25, -0.2) is 19.2 Å². The van der Waals surface area contributed by atoms with Gasteiger partial charge in [-0.2, -0.15) is 0 Å². The number of carbonyl (C=O) groups is 1. The molecule has 0 aliphatic heterocycles. The lowest BCUT2D eigenvalue weighted by molar-refractivity contribution is 0.0730. The zero-order chi connectivity index (χ0) is 26.3. The molecule has 0 saturated heterocycles. The van der Waals surface area contributed by atoms with Crippen molar-refractivity contribution in [1.29, 1.82) is 0 Å². The van der Waals surface area contributed by atoms with E-state index in [1.807, 2.05) is 12.4 Å². The molecule has 0 bridgehead atoms. The van der Waals surface area contributed by atoms with Gasteiger partial charge in [0.25, 0.3) is 0 Å². The van der Waals surface area contributed by atoms with Gasteiger partial charge in [-0.1, -0.05) is 65.2 Å². The van der Waals surface area contributed by atoms with Gasteiger partial charge in [0, 0.05) is 24.0 Å². The van der Waals surface area contributed by atoms with Crippen LogP contribution in [0.25, 0.3) is 11.4 Å². The van der Waals surface area contributed by atoms with Crippen LogP contribution in [-0.4, -0.2) is 22.5 Å². The normalized spacial score (nSPS) is 10.9. The number of rotatable bonds is 16. The third kappa shape index (κ3) is 9.60. The smallest absolute Gasteiger partial charge is 0.346 e. The van der Waals surface area contributed by atoms with Gasteiger partial charge in [0.1, 0.15) is 17.3 Å². The monoisotopic (exact) mass is 506 g/mol. The second kappa shape index (κ2) is 15.7. The molecule has 2 aromatic carbocycles. The van der Waals surface area contributed by atoms with E-state index in [2.05, 4.69) is 23.8 Å². The van der Waals surface area contributed by atoms with Gasteiger partial charge < -0.3 is 9.47 Å². The van der Waals surface area contributed by atoms with E-state index in [0.29, 0.717) is 23.9 Å². The summed E-state index contributed by atoms with van der Waals surface area (Å²) in [6.07, 6.45) is 16.8. The Morgan fingerprint density at radius 2 is 1.41 bits per heavy atom. The highest BCUT2D eigenvalue weighted by molar-refractivity contribution is 5.91. The minimum atomic E-state index is -0.756. The highest BCUT2D eigenvalue weighted by atomic mass is 19.1. The highest BCUT2D eigenvalue weighted by Gasteiger charge is 2.15. The average Bonchev–Trinajstić information content (AvgIpc) is 2.91. The zero-order valence-corrected chi connectivity index (χ0v) is 22.2. The zero-order valence-electron chi connectivity index (χ0n) is 22.2. The number of ether oxygens (including phenoxy) is 2. The topological polar surface area (TPSA) is 61.3 Å². The minimum absolute atomic E-state index is 0.134. The molecule has 0 atom stereocenters. The number of unbranched alkanes of at least 4 members (excludes halogenated alkanes) is 8. The molecule has 0 aliphatic rings. The molecular formula is C31H39FN2O3. The largest absolute Gasteiger partial charge is 0.493 e. The Balaban J connectivity index is 1.48. The number of hydrogen-bond acceptors (Lipinski definition) is 5. The maximum atomic E-state index is 14.5. The van der Waals surface area contributed by atoms with Crippen molar-refractivity contribution < 1.29 is 18.7 Å². The first-order valence-electron chi connectivity index (χ1n) is 13.7. The van der Waals surface area contributed by atoms with Gasteiger partial charge in [-0.15, -0.1) is 0 Å². The first-order chi connectivity index (χ1) is 18.1. The number of hydrogen-bond donors (Lipinski definition) is 0. The Bertz CT molecular complexity index is 1080. The Labute approximate surface area is 220 Å². The summed E-state index contributed by atoms with van der Waals surface area (Å²) in [5.41, 5.74) is 1.82. The minimum Gasteiger partial charge on any atom is -0.493 e. The molecule has 0 amide bonds. The van der Waals surface area contributed by atoms with Crippen molar-refractivity contribution in [2.24, 2.45) is 0 Å². The van der Waals surface area contributed by atoms with Crippen LogP contribution in [0.3, 0.4) is 0 Å². The summed E-state index contributed by atoms with van der Waals surface area (Å²) < 4.78 is 25.4. The fraction of sp³-hybridized carbons (Fsp3) is 0.452. The van der Waals surface area contributed by atoms with Crippen LogP contribution in [0.1, 0.15) is 94.0 Å².